The summed E-state index contributed by atoms with van der Waals surface area (Å²) in [5.74, 6) is 2.41. The molecule has 26 heavy (non-hydrogen) atoms. The Labute approximate surface area is 154 Å². The average Bonchev–Trinajstić information content (AvgIpc) is 2.63. The van der Waals surface area contributed by atoms with Crippen molar-refractivity contribution in [1.82, 2.24) is 15.1 Å². The molecule has 7 heteroatoms. The standard InChI is InChI=1S/C19H15ClN4O2/c1-2-10-24-18(25)16-9-4-3-8-15(16)17(23-24)12-21-19(26)22-14-7-5-6-13(20)11-14/h1,3-9,11H,10,12H2,(H2,21,22,26). The molecular formula is C19H15ClN4O2. The number of hydrogen-bond donors (Lipinski definition) is 2. The SMILES string of the molecule is C#CCn1nc(CNC(=O)Nc2cccc(Cl)c2)c2ccccc2c1=O. The maximum absolute atomic E-state index is 12.4. The summed E-state index contributed by atoms with van der Waals surface area (Å²) in [5, 5.41) is 11.4. The van der Waals surface area contributed by atoms with E-state index in [0.29, 0.717) is 27.2 Å². The minimum atomic E-state index is -0.409. The van der Waals surface area contributed by atoms with Gasteiger partial charge in [-0.3, -0.25) is 4.79 Å². The average molecular weight is 367 g/mol. The van der Waals surface area contributed by atoms with Crippen LogP contribution in [0.5, 0.6) is 0 Å². The van der Waals surface area contributed by atoms with E-state index in [0.717, 1.165) is 0 Å². The molecule has 0 atom stereocenters. The molecule has 1 heterocycles. The molecule has 0 fully saturated rings. The highest BCUT2D eigenvalue weighted by Crippen LogP contribution is 2.15. The topological polar surface area (TPSA) is 76.0 Å². The molecule has 130 valence electrons. The Morgan fingerprint density at radius 2 is 1.96 bits per heavy atom. The van der Waals surface area contributed by atoms with Gasteiger partial charge in [0.1, 0.15) is 6.54 Å². The number of amides is 2. The summed E-state index contributed by atoms with van der Waals surface area (Å²) in [6.45, 7) is 0.198. The minimum Gasteiger partial charge on any atom is -0.332 e. The molecule has 2 aromatic carbocycles. The van der Waals surface area contributed by atoms with Crippen LogP contribution in [-0.2, 0) is 13.1 Å². The van der Waals surface area contributed by atoms with Crippen molar-refractivity contribution in [2.24, 2.45) is 0 Å². The Bertz CT molecular complexity index is 1070. The highest BCUT2D eigenvalue weighted by molar-refractivity contribution is 6.30. The molecule has 0 saturated carbocycles. The number of anilines is 1. The van der Waals surface area contributed by atoms with Crippen molar-refractivity contribution in [2.75, 3.05) is 5.32 Å². The summed E-state index contributed by atoms with van der Waals surface area (Å²) < 4.78 is 1.22. The number of nitrogens with zero attached hydrogens (tertiary/aromatic N) is 2. The monoisotopic (exact) mass is 366 g/mol. The van der Waals surface area contributed by atoms with Crippen molar-refractivity contribution < 1.29 is 4.79 Å². The van der Waals surface area contributed by atoms with E-state index in [-0.39, 0.29) is 18.6 Å². The zero-order valence-electron chi connectivity index (χ0n) is 13.7. The fourth-order valence-electron chi connectivity index (χ4n) is 2.54. The highest BCUT2D eigenvalue weighted by Gasteiger charge is 2.11. The molecule has 2 amide bonds. The second-order valence-corrected chi connectivity index (χ2v) is 5.91. The lowest BCUT2D eigenvalue weighted by molar-refractivity contribution is 0.251. The number of carbonyl (C=O) groups is 1. The van der Waals surface area contributed by atoms with Crippen molar-refractivity contribution in [2.45, 2.75) is 13.1 Å². The van der Waals surface area contributed by atoms with E-state index >= 15 is 0 Å². The molecule has 0 aliphatic heterocycles. The van der Waals surface area contributed by atoms with Gasteiger partial charge in [0.25, 0.3) is 5.56 Å². The molecule has 2 N–H and O–H groups in total. The fourth-order valence-corrected chi connectivity index (χ4v) is 2.73. The van der Waals surface area contributed by atoms with Gasteiger partial charge >= 0.3 is 6.03 Å². The molecule has 0 aliphatic carbocycles. The van der Waals surface area contributed by atoms with E-state index in [1.807, 2.05) is 6.07 Å². The lowest BCUT2D eigenvalue weighted by atomic mass is 10.1. The largest absolute Gasteiger partial charge is 0.332 e. The van der Waals surface area contributed by atoms with Crippen LogP contribution >= 0.6 is 11.6 Å². The second kappa shape index (κ2) is 7.72. The van der Waals surface area contributed by atoms with Gasteiger partial charge in [0.2, 0.25) is 0 Å². The van der Waals surface area contributed by atoms with E-state index in [1.165, 1.54) is 4.68 Å². The van der Waals surface area contributed by atoms with Gasteiger partial charge < -0.3 is 10.6 Å². The number of halogens is 1. The molecule has 0 bridgehead atoms. The molecule has 1 aromatic heterocycles. The van der Waals surface area contributed by atoms with Gasteiger partial charge in [0.05, 0.1) is 17.6 Å². The van der Waals surface area contributed by atoms with E-state index in [2.05, 4.69) is 21.7 Å². The van der Waals surface area contributed by atoms with Crippen molar-refractivity contribution in [3.63, 3.8) is 0 Å². The number of fused-ring (bicyclic) bond motifs is 1. The first-order valence-corrected chi connectivity index (χ1v) is 8.19. The Kier molecular flexibility index (Phi) is 5.20. The lowest BCUT2D eigenvalue weighted by Crippen LogP contribution is -2.31. The first-order valence-electron chi connectivity index (χ1n) is 7.81. The van der Waals surface area contributed by atoms with Crippen LogP contribution < -0.4 is 16.2 Å². The van der Waals surface area contributed by atoms with Gasteiger partial charge in [0.15, 0.2) is 0 Å². The molecule has 0 unspecified atom stereocenters. The fraction of sp³-hybridized carbons (Fsp3) is 0.105. The summed E-state index contributed by atoms with van der Waals surface area (Å²) >= 11 is 5.90. The summed E-state index contributed by atoms with van der Waals surface area (Å²) in [6.07, 6.45) is 5.30. The summed E-state index contributed by atoms with van der Waals surface area (Å²) in [6, 6.07) is 13.5. The number of nitrogens with one attached hydrogen (secondary N) is 2. The van der Waals surface area contributed by atoms with Gasteiger partial charge in [-0.15, -0.1) is 6.42 Å². The number of terminal acetylenes is 1. The molecule has 3 rings (SSSR count). The van der Waals surface area contributed by atoms with E-state index in [4.69, 9.17) is 18.0 Å². The Balaban J connectivity index is 1.82. The predicted molar refractivity (Wildman–Crippen MR) is 102 cm³/mol. The first-order chi connectivity index (χ1) is 12.6. The zero-order valence-corrected chi connectivity index (χ0v) is 14.5. The molecular weight excluding hydrogens is 352 g/mol. The van der Waals surface area contributed by atoms with Crippen LogP contribution in [-0.4, -0.2) is 15.8 Å². The minimum absolute atomic E-state index is 0.0609. The van der Waals surface area contributed by atoms with Gasteiger partial charge in [-0.1, -0.05) is 41.8 Å². The van der Waals surface area contributed by atoms with Crippen molar-refractivity contribution in [3.8, 4) is 12.3 Å². The third-order valence-electron chi connectivity index (χ3n) is 3.68. The van der Waals surface area contributed by atoms with Gasteiger partial charge in [-0.05, 0) is 24.3 Å². The smallest absolute Gasteiger partial charge is 0.319 e. The summed E-state index contributed by atoms with van der Waals surface area (Å²) in [5.41, 5.74) is 0.868. The second-order valence-electron chi connectivity index (χ2n) is 5.48. The summed E-state index contributed by atoms with van der Waals surface area (Å²) in [4.78, 5) is 24.5. The molecule has 0 spiro atoms. The van der Waals surface area contributed by atoms with Crippen LogP contribution in [0.3, 0.4) is 0 Å². The lowest BCUT2D eigenvalue weighted by Gasteiger charge is -2.11. The Morgan fingerprint density at radius 1 is 1.19 bits per heavy atom. The summed E-state index contributed by atoms with van der Waals surface area (Å²) in [7, 11) is 0. The number of aromatic nitrogens is 2. The van der Waals surface area contributed by atoms with E-state index < -0.39 is 6.03 Å². The molecule has 0 aliphatic rings. The predicted octanol–water partition coefficient (Wildman–Crippen LogP) is 3.00. The van der Waals surface area contributed by atoms with E-state index in [1.54, 1.807) is 42.5 Å². The molecule has 3 aromatic rings. The highest BCUT2D eigenvalue weighted by atomic mass is 35.5. The normalized spacial score (nSPS) is 10.3. The number of urea groups is 1. The van der Waals surface area contributed by atoms with Crippen LogP contribution in [0.15, 0.2) is 53.3 Å². The van der Waals surface area contributed by atoms with Crippen LogP contribution in [0.1, 0.15) is 5.69 Å². The van der Waals surface area contributed by atoms with E-state index in [9.17, 15) is 9.59 Å². The Hall–Kier alpha value is -3.30. The van der Waals surface area contributed by atoms with Gasteiger partial charge in [-0.25, -0.2) is 9.48 Å². The number of hydrogen-bond acceptors (Lipinski definition) is 3. The third kappa shape index (κ3) is 3.85. The van der Waals surface area contributed by atoms with Crippen LogP contribution in [0, 0.1) is 12.3 Å². The van der Waals surface area contributed by atoms with Crippen LogP contribution in [0.2, 0.25) is 5.02 Å². The number of benzene rings is 2. The third-order valence-corrected chi connectivity index (χ3v) is 3.92. The van der Waals surface area contributed by atoms with Crippen molar-refractivity contribution in [3.05, 3.63) is 69.6 Å². The zero-order chi connectivity index (χ0) is 18.5. The maximum Gasteiger partial charge on any atom is 0.319 e. The number of rotatable bonds is 4. The Morgan fingerprint density at radius 3 is 2.69 bits per heavy atom. The van der Waals surface area contributed by atoms with Crippen LogP contribution in [0.25, 0.3) is 10.8 Å². The molecule has 0 radical (unpaired) electrons. The van der Waals surface area contributed by atoms with Gasteiger partial charge in [-0.2, -0.15) is 5.10 Å². The van der Waals surface area contributed by atoms with Crippen molar-refractivity contribution >= 4 is 34.1 Å². The molecule has 0 saturated heterocycles. The molecule has 6 nitrogen and oxygen atoms in total. The first kappa shape index (κ1) is 17.5. The number of carbonyl (C=O) groups excluding carboxylic acids is 1. The maximum atomic E-state index is 12.4. The van der Waals surface area contributed by atoms with Crippen LogP contribution in [0.4, 0.5) is 10.5 Å². The quantitative estimate of drug-likeness (QED) is 0.697. The van der Waals surface area contributed by atoms with Gasteiger partial charge in [0, 0.05) is 16.1 Å². The van der Waals surface area contributed by atoms with Crippen molar-refractivity contribution in [1.29, 1.82) is 0 Å².